The zero-order chi connectivity index (χ0) is 17.7. The highest BCUT2D eigenvalue weighted by Crippen LogP contribution is 2.26. The Kier molecular flexibility index (Phi) is 6.18. The highest BCUT2D eigenvalue weighted by atomic mass is 79.9. The van der Waals surface area contributed by atoms with Crippen molar-refractivity contribution in [1.29, 1.82) is 5.26 Å². The molecule has 0 fully saturated rings. The van der Waals surface area contributed by atoms with E-state index in [0.717, 1.165) is 20.2 Å². The highest BCUT2D eigenvalue weighted by Gasteiger charge is 2.10. The molecule has 0 aromatic heterocycles. The summed E-state index contributed by atoms with van der Waals surface area (Å²) in [6.07, 6.45) is 1.57. The average Bonchev–Trinajstić information content (AvgIpc) is 2.54. The van der Waals surface area contributed by atoms with Crippen LogP contribution in [0.1, 0.15) is 5.56 Å². The topological polar surface area (TPSA) is 56.1 Å². The Morgan fingerprint density at radius 3 is 2.38 bits per heavy atom. The summed E-state index contributed by atoms with van der Waals surface area (Å²) in [7, 11) is 3.89. The smallest absolute Gasteiger partial charge is 0.266 e. The van der Waals surface area contributed by atoms with E-state index in [2.05, 4.69) is 37.2 Å². The Hall–Kier alpha value is -2.10. The summed E-state index contributed by atoms with van der Waals surface area (Å²) < 4.78 is 1.81. The fourth-order valence-corrected chi connectivity index (χ4v) is 3.04. The molecule has 2 aromatic rings. The van der Waals surface area contributed by atoms with E-state index in [1.807, 2.05) is 55.4 Å². The standard InChI is InChI=1S/C18H15Br2N3O/c1-23(2)17-8-3-12(10-16(17)20)9-13(11-21)18(24)22-15-6-4-14(19)5-7-15/h3-10H,1-2H3,(H,22,24)/b13-9-. The van der Waals surface area contributed by atoms with E-state index in [-0.39, 0.29) is 5.57 Å². The van der Waals surface area contributed by atoms with Gasteiger partial charge in [0.1, 0.15) is 11.6 Å². The summed E-state index contributed by atoms with van der Waals surface area (Å²) >= 11 is 6.84. The number of nitriles is 1. The molecule has 0 bridgehead atoms. The first kappa shape index (κ1) is 18.2. The van der Waals surface area contributed by atoms with E-state index >= 15 is 0 Å². The van der Waals surface area contributed by atoms with Gasteiger partial charge in [-0.2, -0.15) is 5.26 Å². The van der Waals surface area contributed by atoms with Crippen LogP contribution in [-0.2, 0) is 4.79 Å². The number of halogens is 2. The van der Waals surface area contributed by atoms with Crippen LogP contribution < -0.4 is 10.2 Å². The molecular weight excluding hydrogens is 434 g/mol. The van der Waals surface area contributed by atoms with Crippen LogP contribution >= 0.6 is 31.9 Å². The molecule has 0 unspecified atom stereocenters. The normalized spacial score (nSPS) is 10.9. The van der Waals surface area contributed by atoms with E-state index < -0.39 is 5.91 Å². The largest absolute Gasteiger partial charge is 0.377 e. The fraction of sp³-hybridized carbons (Fsp3) is 0.111. The lowest BCUT2D eigenvalue weighted by Gasteiger charge is -2.14. The van der Waals surface area contributed by atoms with Crippen molar-refractivity contribution in [3.63, 3.8) is 0 Å². The van der Waals surface area contributed by atoms with Crippen molar-refractivity contribution in [3.8, 4) is 6.07 Å². The second-order valence-corrected chi connectivity index (χ2v) is 7.01. The second kappa shape index (κ2) is 8.13. The van der Waals surface area contributed by atoms with Gasteiger partial charge in [0.2, 0.25) is 0 Å². The number of carbonyl (C=O) groups is 1. The number of hydrogen-bond acceptors (Lipinski definition) is 3. The third kappa shape index (κ3) is 4.70. The number of benzene rings is 2. The van der Waals surface area contributed by atoms with Crippen LogP contribution in [0.15, 0.2) is 57.0 Å². The van der Waals surface area contributed by atoms with E-state index in [9.17, 15) is 10.1 Å². The van der Waals surface area contributed by atoms with Crippen LogP contribution in [0.25, 0.3) is 6.08 Å². The Bertz CT molecular complexity index is 821. The van der Waals surface area contributed by atoms with Crippen molar-refractivity contribution in [2.24, 2.45) is 0 Å². The number of carbonyl (C=O) groups excluding carboxylic acids is 1. The van der Waals surface area contributed by atoms with E-state index in [4.69, 9.17) is 0 Å². The number of hydrogen-bond donors (Lipinski definition) is 1. The maximum atomic E-state index is 12.3. The van der Waals surface area contributed by atoms with Gasteiger partial charge in [0.25, 0.3) is 5.91 Å². The Labute approximate surface area is 158 Å². The third-order valence-corrected chi connectivity index (χ3v) is 4.40. The maximum absolute atomic E-state index is 12.3. The lowest BCUT2D eigenvalue weighted by atomic mass is 10.1. The Morgan fingerprint density at radius 1 is 1.17 bits per heavy atom. The second-order valence-electron chi connectivity index (χ2n) is 5.24. The molecule has 122 valence electrons. The van der Waals surface area contributed by atoms with Crippen LogP contribution in [0.5, 0.6) is 0 Å². The molecule has 0 aliphatic heterocycles. The van der Waals surface area contributed by atoms with Gasteiger partial charge in [-0.1, -0.05) is 22.0 Å². The monoisotopic (exact) mass is 447 g/mol. The number of rotatable bonds is 4. The van der Waals surface area contributed by atoms with Crippen LogP contribution in [-0.4, -0.2) is 20.0 Å². The number of anilines is 2. The first-order chi connectivity index (χ1) is 11.4. The number of nitrogens with zero attached hydrogens (tertiary/aromatic N) is 2. The maximum Gasteiger partial charge on any atom is 0.266 e. The minimum absolute atomic E-state index is 0.0439. The van der Waals surface area contributed by atoms with Gasteiger partial charge in [-0.05, 0) is 64.0 Å². The first-order valence-electron chi connectivity index (χ1n) is 7.06. The van der Waals surface area contributed by atoms with Crippen LogP contribution in [0.2, 0.25) is 0 Å². The predicted octanol–water partition coefficient (Wildman–Crippen LogP) is 4.82. The lowest BCUT2D eigenvalue weighted by molar-refractivity contribution is -0.112. The van der Waals surface area contributed by atoms with Crippen molar-refractivity contribution >= 4 is 55.2 Å². The molecule has 1 N–H and O–H groups in total. The van der Waals surface area contributed by atoms with Crippen LogP contribution in [0.4, 0.5) is 11.4 Å². The summed E-state index contributed by atoms with van der Waals surface area (Å²) in [5, 5.41) is 12.0. The summed E-state index contributed by atoms with van der Waals surface area (Å²) in [6, 6.07) is 14.8. The van der Waals surface area contributed by atoms with E-state index in [1.165, 1.54) is 0 Å². The Morgan fingerprint density at radius 2 is 1.83 bits per heavy atom. The van der Waals surface area contributed by atoms with Gasteiger partial charge in [-0.3, -0.25) is 4.79 Å². The molecule has 4 nitrogen and oxygen atoms in total. The highest BCUT2D eigenvalue weighted by molar-refractivity contribution is 9.10. The molecule has 2 aromatic carbocycles. The third-order valence-electron chi connectivity index (χ3n) is 3.23. The molecular formula is C18H15Br2N3O. The number of amides is 1. The van der Waals surface area contributed by atoms with Gasteiger partial charge < -0.3 is 10.2 Å². The summed E-state index contributed by atoms with van der Waals surface area (Å²) in [5.41, 5.74) is 2.47. The molecule has 24 heavy (non-hydrogen) atoms. The van der Waals surface area contributed by atoms with Crippen molar-refractivity contribution in [2.75, 3.05) is 24.3 Å². The molecule has 0 radical (unpaired) electrons. The molecule has 0 spiro atoms. The van der Waals surface area contributed by atoms with Gasteiger partial charge in [0, 0.05) is 28.7 Å². The van der Waals surface area contributed by atoms with Gasteiger partial charge in [-0.25, -0.2) is 0 Å². The average molecular weight is 449 g/mol. The molecule has 0 aliphatic carbocycles. The van der Waals surface area contributed by atoms with Gasteiger partial charge >= 0.3 is 0 Å². The summed E-state index contributed by atoms with van der Waals surface area (Å²) in [6.45, 7) is 0. The molecule has 2 rings (SSSR count). The Balaban J connectivity index is 2.22. The summed E-state index contributed by atoms with van der Waals surface area (Å²) in [4.78, 5) is 14.2. The van der Waals surface area contributed by atoms with Crippen LogP contribution in [0, 0.1) is 11.3 Å². The molecule has 0 atom stereocenters. The zero-order valence-electron chi connectivity index (χ0n) is 13.2. The molecule has 0 saturated carbocycles. The fourth-order valence-electron chi connectivity index (χ4n) is 2.02. The van der Waals surface area contributed by atoms with Crippen molar-refractivity contribution in [1.82, 2.24) is 0 Å². The molecule has 1 amide bonds. The molecule has 6 heteroatoms. The summed E-state index contributed by atoms with van der Waals surface area (Å²) in [5.74, 6) is -0.437. The quantitative estimate of drug-likeness (QED) is 0.538. The van der Waals surface area contributed by atoms with Crippen molar-refractivity contribution < 1.29 is 4.79 Å². The van der Waals surface area contributed by atoms with E-state index in [0.29, 0.717) is 5.69 Å². The SMILES string of the molecule is CN(C)c1ccc(/C=C(/C#N)C(=O)Nc2ccc(Br)cc2)cc1Br. The van der Waals surface area contributed by atoms with Crippen molar-refractivity contribution in [3.05, 3.63) is 62.5 Å². The predicted molar refractivity (Wildman–Crippen MR) is 105 cm³/mol. The molecule has 0 heterocycles. The van der Waals surface area contributed by atoms with Crippen molar-refractivity contribution in [2.45, 2.75) is 0 Å². The first-order valence-corrected chi connectivity index (χ1v) is 8.65. The number of nitrogens with one attached hydrogen (secondary N) is 1. The van der Waals surface area contributed by atoms with Gasteiger partial charge in [0.15, 0.2) is 0 Å². The molecule has 0 saturated heterocycles. The van der Waals surface area contributed by atoms with E-state index in [1.54, 1.807) is 18.2 Å². The molecule has 0 aliphatic rings. The lowest BCUT2D eigenvalue weighted by Crippen LogP contribution is -2.13. The zero-order valence-corrected chi connectivity index (χ0v) is 16.3. The minimum Gasteiger partial charge on any atom is -0.377 e. The minimum atomic E-state index is -0.437. The van der Waals surface area contributed by atoms with Gasteiger partial charge in [0.05, 0.1) is 5.69 Å². The van der Waals surface area contributed by atoms with Crippen LogP contribution in [0.3, 0.4) is 0 Å². The van der Waals surface area contributed by atoms with Gasteiger partial charge in [-0.15, -0.1) is 0 Å².